The molecule has 1 heterocycles. The fourth-order valence-electron chi connectivity index (χ4n) is 1.47. The summed E-state index contributed by atoms with van der Waals surface area (Å²) >= 11 is 5.73. The lowest BCUT2D eigenvalue weighted by Crippen LogP contribution is -2.11. The minimum Gasteiger partial charge on any atom is -0.322 e. The maximum Gasteiger partial charge on any atom is 0.255 e. The molecule has 1 N–H and O–H groups in total. The topological polar surface area (TPSA) is 42.0 Å². The zero-order chi connectivity index (χ0) is 12.3. The van der Waals surface area contributed by atoms with Crippen LogP contribution in [0.4, 0.5) is 5.69 Å². The number of carbonyl (C=O) groups excluding carboxylic acids is 1. The number of carbonyl (C=O) groups is 1. The highest BCUT2D eigenvalue weighted by atomic mass is 35.5. The van der Waals surface area contributed by atoms with E-state index < -0.39 is 0 Å². The Bertz CT molecular complexity index is 555. The molecule has 2 aromatic rings. The van der Waals surface area contributed by atoms with Gasteiger partial charge in [0, 0.05) is 17.4 Å². The summed E-state index contributed by atoms with van der Waals surface area (Å²) in [5.41, 5.74) is 2.35. The molecule has 0 spiro atoms. The standard InChI is InChI=1S/C13H11ClN2O/c1-9-3-2-4-11(7-9)16-13(17)10-5-6-15-12(14)8-10/h2-8H,1H3,(H,16,17). The first kappa shape index (κ1) is 11.6. The molecule has 0 radical (unpaired) electrons. The van der Waals surface area contributed by atoms with Crippen LogP contribution in [0.3, 0.4) is 0 Å². The summed E-state index contributed by atoms with van der Waals surface area (Å²) in [5, 5.41) is 3.11. The van der Waals surface area contributed by atoms with E-state index in [-0.39, 0.29) is 5.91 Å². The minimum atomic E-state index is -0.195. The van der Waals surface area contributed by atoms with Crippen molar-refractivity contribution in [1.82, 2.24) is 4.98 Å². The van der Waals surface area contributed by atoms with Gasteiger partial charge in [0.05, 0.1) is 0 Å². The average molecular weight is 247 g/mol. The summed E-state index contributed by atoms with van der Waals surface area (Å²) < 4.78 is 0. The predicted octanol–water partition coefficient (Wildman–Crippen LogP) is 3.30. The monoisotopic (exact) mass is 246 g/mol. The van der Waals surface area contributed by atoms with Crippen molar-refractivity contribution in [2.75, 3.05) is 5.32 Å². The number of aromatic nitrogens is 1. The Morgan fingerprint density at radius 1 is 1.29 bits per heavy atom. The van der Waals surface area contributed by atoms with Crippen LogP contribution in [-0.2, 0) is 0 Å². The minimum absolute atomic E-state index is 0.195. The maximum absolute atomic E-state index is 11.9. The van der Waals surface area contributed by atoms with Crippen LogP contribution < -0.4 is 5.32 Å². The van der Waals surface area contributed by atoms with Gasteiger partial charge in [-0.25, -0.2) is 4.98 Å². The molecule has 0 aliphatic rings. The molecule has 3 nitrogen and oxygen atoms in total. The number of hydrogen-bond acceptors (Lipinski definition) is 2. The molecule has 2 rings (SSSR count). The van der Waals surface area contributed by atoms with Gasteiger partial charge >= 0.3 is 0 Å². The smallest absolute Gasteiger partial charge is 0.255 e. The summed E-state index contributed by atoms with van der Waals surface area (Å²) in [7, 11) is 0. The molecule has 1 aromatic heterocycles. The lowest BCUT2D eigenvalue weighted by Gasteiger charge is -2.05. The Balaban J connectivity index is 2.17. The highest BCUT2D eigenvalue weighted by Gasteiger charge is 2.06. The van der Waals surface area contributed by atoms with Crippen molar-refractivity contribution in [2.24, 2.45) is 0 Å². The van der Waals surface area contributed by atoms with E-state index in [1.807, 2.05) is 31.2 Å². The predicted molar refractivity (Wildman–Crippen MR) is 68.4 cm³/mol. The van der Waals surface area contributed by atoms with E-state index >= 15 is 0 Å². The van der Waals surface area contributed by atoms with E-state index in [0.717, 1.165) is 11.3 Å². The number of anilines is 1. The second kappa shape index (κ2) is 4.97. The number of rotatable bonds is 2. The number of benzene rings is 1. The Hall–Kier alpha value is -1.87. The molecule has 0 saturated heterocycles. The first-order valence-corrected chi connectivity index (χ1v) is 5.52. The van der Waals surface area contributed by atoms with Crippen LogP contribution >= 0.6 is 11.6 Å². The van der Waals surface area contributed by atoms with Gasteiger partial charge < -0.3 is 5.32 Å². The Labute approximate surface area is 104 Å². The highest BCUT2D eigenvalue weighted by Crippen LogP contribution is 2.13. The lowest BCUT2D eigenvalue weighted by molar-refractivity contribution is 0.102. The first-order chi connectivity index (χ1) is 8.15. The zero-order valence-corrected chi connectivity index (χ0v) is 10.0. The lowest BCUT2D eigenvalue weighted by atomic mass is 10.2. The van der Waals surface area contributed by atoms with E-state index in [1.165, 1.54) is 12.3 Å². The SMILES string of the molecule is Cc1cccc(NC(=O)c2ccnc(Cl)c2)c1. The van der Waals surface area contributed by atoms with Crippen LogP contribution in [0.5, 0.6) is 0 Å². The van der Waals surface area contributed by atoms with Gasteiger partial charge in [-0.3, -0.25) is 4.79 Å². The van der Waals surface area contributed by atoms with Crippen LogP contribution in [0.1, 0.15) is 15.9 Å². The average Bonchev–Trinajstić information content (AvgIpc) is 2.29. The highest BCUT2D eigenvalue weighted by molar-refractivity contribution is 6.29. The largest absolute Gasteiger partial charge is 0.322 e. The van der Waals surface area contributed by atoms with Gasteiger partial charge in [0.15, 0.2) is 0 Å². The second-order valence-electron chi connectivity index (χ2n) is 3.69. The number of nitrogens with one attached hydrogen (secondary N) is 1. The van der Waals surface area contributed by atoms with Gasteiger partial charge in [0.1, 0.15) is 5.15 Å². The number of hydrogen-bond donors (Lipinski definition) is 1. The van der Waals surface area contributed by atoms with Crippen molar-refractivity contribution >= 4 is 23.2 Å². The molecule has 0 unspecified atom stereocenters. The van der Waals surface area contributed by atoms with E-state index in [4.69, 9.17) is 11.6 Å². The van der Waals surface area contributed by atoms with Crippen molar-refractivity contribution < 1.29 is 4.79 Å². The second-order valence-corrected chi connectivity index (χ2v) is 4.08. The van der Waals surface area contributed by atoms with Gasteiger partial charge in [0.2, 0.25) is 0 Å². The Morgan fingerprint density at radius 3 is 2.82 bits per heavy atom. The van der Waals surface area contributed by atoms with Gasteiger partial charge in [-0.1, -0.05) is 23.7 Å². The van der Waals surface area contributed by atoms with Crippen molar-refractivity contribution in [1.29, 1.82) is 0 Å². The van der Waals surface area contributed by atoms with Gasteiger partial charge in [-0.05, 0) is 36.8 Å². The molecule has 0 saturated carbocycles. The molecule has 1 aromatic carbocycles. The summed E-state index contributed by atoms with van der Waals surface area (Å²) in [5.74, 6) is -0.195. The molecule has 0 aliphatic carbocycles. The quantitative estimate of drug-likeness (QED) is 0.826. The van der Waals surface area contributed by atoms with E-state index in [9.17, 15) is 4.79 Å². The normalized spacial score (nSPS) is 10.0. The number of amides is 1. The third-order valence-corrected chi connectivity index (χ3v) is 2.47. The van der Waals surface area contributed by atoms with Crippen molar-refractivity contribution in [3.63, 3.8) is 0 Å². The molecule has 86 valence electrons. The number of halogens is 1. The first-order valence-electron chi connectivity index (χ1n) is 5.15. The Morgan fingerprint density at radius 2 is 2.12 bits per heavy atom. The summed E-state index contributed by atoms with van der Waals surface area (Å²) in [4.78, 5) is 15.7. The van der Waals surface area contributed by atoms with Gasteiger partial charge in [-0.15, -0.1) is 0 Å². The summed E-state index contributed by atoms with van der Waals surface area (Å²) in [6, 6.07) is 10.8. The third-order valence-electron chi connectivity index (χ3n) is 2.26. The third kappa shape index (κ3) is 3.04. The van der Waals surface area contributed by atoms with Crippen LogP contribution in [-0.4, -0.2) is 10.9 Å². The zero-order valence-electron chi connectivity index (χ0n) is 9.27. The van der Waals surface area contributed by atoms with Crippen LogP contribution in [0.2, 0.25) is 5.15 Å². The summed E-state index contributed by atoms with van der Waals surface area (Å²) in [6.07, 6.45) is 1.51. The Kier molecular flexibility index (Phi) is 3.40. The fraction of sp³-hybridized carbons (Fsp3) is 0.0769. The van der Waals surface area contributed by atoms with E-state index in [0.29, 0.717) is 10.7 Å². The maximum atomic E-state index is 11.9. The number of aryl methyl sites for hydroxylation is 1. The number of pyridine rings is 1. The summed E-state index contributed by atoms with van der Waals surface area (Å²) in [6.45, 7) is 1.97. The van der Waals surface area contributed by atoms with E-state index in [1.54, 1.807) is 6.07 Å². The molecule has 0 bridgehead atoms. The number of nitrogens with zero attached hydrogens (tertiary/aromatic N) is 1. The molecule has 4 heteroatoms. The molecule has 0 atom stereocenters. The molecule has 0 fully saturated rings. The van der Waals surface area contributed by atoms with Gasteiger partial charge in [-0.2, -0.15) is 0 Å². The van der Waals surface area contributed by atoms with E-state index in [2.05, 4.69) is 10.3 Å². The molecular formula is C13H11ClN2O. The van der Waals surface area contributed by atoms with Crippen molar-refractivity contribution in [3.05, 3.63) is 58.9 Å². The van der Waals surface area contributed by atoms with Crippen LogP contribution in [0.25, 0.3) is 0 Å². The van der Waals surface area contributed by atoms with Crippen LogP contribution in [0.15, 0.2) is 42.6 Å². The molecule has 1 amide bonds. The van der Waals surface area contributed by atoms with Gasteiger partial charge in [0.25, 0.3) is 5.91 Å². The molecule has 0 aliphatic heterocycles. The molecule has 17 heavy (non-hydrogen) atoms. The van der Waals surface area contributed by atoms with Crippen molar-refractivity contribution in [2.45, 2.75) is 6.92 Å². The fourth-order valence-corrected chi connectivity index (χ4v) is 1.64. The van der Waals surface area contributed by atoms with Crippen molar-refractivity contribution in [3.8, 4) is 0 Å². The van der Waals surface area contributed by atoms with Crippen LogP contribution in [0, 0.1) is 6.92 Å². The molecular weight excluding hydrogens is 236 g/mol.